The normalized spacial score (nSPS) is 17.1. The molecule has 71 heavy (non-hydrogen) atoms. The highest BCUT2D eigenvalue weighted by atomic mass is 32.1. The van der Waals surface area contributed by atoms with Crippen molar-refractivity contribution in [3.8, 4) is 33.2 Å². The first-order valence-electron chi connectivity index (χ1n) is 24.4. The molecule has 0 radical (unpaired) electrons. The summed E-state index contributed by atoms with van der Waals surface area (Å²) in [4.78, 5) is 49.8. The van der Waals surface area contributed by atoms with Crippen LogP contribution in [-0.2, 0) is 36.9 Å². The third-order valence-electron chi connectivity index (χ3n) is 13.4. The number of hydrogen-bond donors (Lipinski definition) is 4. The van der Waals surface area contributed by atoms with E-state index >= 15 is 0 Å². The Labute approximate surface area is 418 Å². The number of amides is 3. The molecular weight excluding hydrogens is 924 g/mol. The molecule has 3 amide bonds. The Kier molecular flexibility index (Phi) is 16.5. The molecule has 0 bridgehead atoms. The number of fused-ring (bicyclic) bond motifs is 1. The molecule has 4 N–H and O–H groups in total. The Morgan fingerprint density at radius 3 is 2.30 bits per heavy atom. The number of carbonyl (C=O) groups is 3. The number of phenols is 1. The number of nitrogens with one attached hydrogen (secondary N) is 2. The lowest BCUT2D eigenvalue weighted by Gasteiger charge is -2.35. The lowest BCUT2D eigenvalue weighted by atomic mass is 9.85. The van der Waals surface area contributed by atoms with Gasteiger partial charge in [-0.3, -0.25) is 19.3 Å². The molecule has 2 fully saturated rings. The highest BCUT2D eigenvalue weighted by Crippen LogP contribution is 2.36. The molecule has 14 nitrogen and oxygen atoms in total. The Hall–Kier alpha value is -6.17. The number of aromatic hydroxyl groups is 1. The first-order chi connectivity index (χ1) is 34.1. The maximum atomic E-state index is 14.0. The van der Waals surface area contributed by atoms with Crippen LogP contribution in [0.3, 0.4) is 0 Å². The van der Waals surface area contributed by atoms with Gasteiger partial charge in [-0.25, -0.2) is 9.37 Å². The van der Waals surface area contributed by atoms with Crippen LogP contribution in [-0.4, -0.2) is 124 Å². The molecule has 2 aliphatic rings. The summed E-state index contributed by atoms with van der Waals surface area (Å²) in [5, 5.41) is 27.5. The van der Waals surface area contributed by atoms with Gasteiger partial charge in [0.2, 0.25) is 17.7 Å². The molecule has 8 rings (SSSR count). The van der Waals surface area contributed by atoms with Gasteiger partial charge in [0.25, 0.3) is 0 Å². The van der Waals surface area contributed by atoms with Crippen molar-refractivity contribution in [2.75, 3.05) is 52.6 Å². The molecule has 4 heterocycles. The number of carbonyl (C=O) groups excluding carboxylic acids is 3. The van der Waals surface area contributed by atoms with Gasteiger partial charge in [-0.2, -0.15) is 0 Å². The molecule has 2 aliphatic heterocycles. The number of benzene rings is 4. The highest BCUT2D eigenvalue weighted by Gasteiger charge is 2.44. The van der Waals surface area contributed by atoms with Crippen molar-refractivity contribution in [3.05, 3.63) is 125 Å². The van der Waals surface area contributed by atoms with E-state index in [0.717, 1.165) is 93.2 Å². The summed E-state index contributed by atoms with van der Waals surface area (Å²) >= 11 is 1.57. The minimum absolute atomic E-state index is 0.00947. The van der Waals surface area contributed by atoms with Crippen LogP contribution in [0, 0.1) is 25.1 Å². The number of aliphatic hydroxyl groups is 1. The number of ether oxygens (including phenoxy) is 3. The Morgan fingerprint density at radius 2 is 1.61 bits per heavy atom. The molecule has 16 heteroatoms. The molecule has 1 unspecified atom stereocenters. The Balaban J connectivity index is 0.724. The molecule has 3 atom stereocenters. The van der Waals surface area contributed by atoms with Gasteiger partial charge in [-0.1, -0.05) is 57.2 Å². The number of rotatable bonds is 19. The number of aliphatic hydroxyl groups excluding tert-OH is 1. The van der Waals surface area contributed by atoms with Crippen LogP contribution in [0.5, 0.6) is 11.5 Å². The van der Waals surface area contributed by atoms with Gasteiger partial charge in [0.15, 0.2) is 0 Å². The number of aryl methyl sites for hydroxylation is 2. The summed E-state index contributed by atoms with van der Waals surface area (Å²) in [5.41, 5.74) is 9.01. The van der Waals surface area contributed by atoms with E-state index in [9.17, 15) is 29.0 Å². The van der Waals surface area contributed by atoms with Crippen molar-refractivity contribution in [3.63, 3.8) is 0 Å². The lowest BCUT2D eigenvalue weighted by molar-refractivity contribution is -0.144. The molecule has 2 saturated heterocycles. The topological polar surface area (TPSA) is 168 Å². The van der Waals surface area contributed by atoms with E-state index in [-0.39, 0.29) is 56.3 Å². The van der Waals surface area contributed by atoms with Crippen LogP contribution in [0.25, 0.3) is 32.6 Å². The van der Waals surface area contributed by atoms with E-state index in [4.69, 9.17) is 14.2 Å². The number of piperidine rings is 1. The van der Waals surface area contributed by atoms with Crippen molar-refractivity contribution in [1.29, 1.82) is 0 Å². The van der Waals surface area contributed by atoms with Crippen LogP contribution < -0.4 is 15.4 Å². The smallest absolute Gasteiger partial charge is 0.246 e. The van der Waals surface area contributed by atoms with Gasteiger partial charge in [0.05, 0.1) is 47.2 Å². The minimum Gasteiger partial charge on any atom is -0.508 e. The van der Waals surface area contributed by atoms with Crippen LogP contribution in [0.1, 0.15) is 62.4 Å². The number of hydrogen-bond acceptors (Lipinski definition) is 11. The number of likely N-dealkylation sites (tertiary alicyclic amines) is 2. The molecule has 0 aliphatic carbocycles. The van der Waals surface area contributed by atoms with Crippen LogP contribution in [0.2, 0.25) is 0 Å². The quantitative estimate of drug-likeness (QED) is 0.0593. The molecule has 4 aromatic carbocycles. The van der Waals surface area contributed by atoms with E-state index < -0.39 is 35.4 Å². The summed E-state index contributed by atoms with van der Waals surface area (Å²) in [7, 11) is 0. The predicted molar refractivity (Wildman–Crippen MR) is 273 cm³/mol. The standard InChI is InChI=1S/C55H65FN6O8S/c1-35-46-28-42(63)16-19-47(46)61(50(35)39-12-14-41(56)15-13-39)31-38-8-17-44(18-9-38)69-25-24-60-22-20-45(21-23-60)70-27-26-68-33-49(65)59-52(55(3,4)5)54(67)62-32-43(64)29-48(62)53(66)57-30-37-6-10-40(11-7-37)51-36(2)58-34-71-51/h6-19,28,34,43,45,48,52,63-64H,20-27,29-33H2,1-5H3,(H,57,66)(H,59,65)/t43-,48+,52?/m1/s1. The molecular formula is C55H65FN6O8S. The number of halogens is 1. The molecule has 0 saturated carbocycles. The third kappa shape index (κ3) is 12.8. The van der Waals surface area contributed by atoms with Crippen molar-refractivity contribution < 1.29 is 43.2 Å². The second-order valence-corrected chi connectivity index (χ2v) is 20.5. The summed E-state index contributed by atoms with van der Waals surface area (Å²) < 4.78 is 33.9. The Bertz CT molecular complexity index is 2760. The fourth-order valence-electron chi connectivity index (χ4n) is 9.54. The SMILES string of the molecule is Cc1ncsc1-c1ccc(CNC(=O)[C@@H]2C[C@@H](O)CN2C(=O)C(NC(=O)COCCOC2CCN(CCOc3ccc(Cn4c(-c5ccc(F)cc5)c(C)c5cc(O)ccc54)cc3)CC2)C(C)(C)C)cc1. The number of thiazole rings is 1. The summed E-state index contributed by atoms with van der Waals surface area (Å²) in [6, 6.07) is 26.0. The monoisotopic (exact) mass is 988 g/mol. The van der Waals surface area contributed by atoms with Gasteiger partial charge < -0.3 is 44.5 Å². The zero-order chi connectivity index (χ0) is 50.2. The number of aromatic nitrogens is 2. The average molecular weight is 989 g/mol. The van der Waals surface area contributed by atoms with Crippen molar-refractivity contribution in [1.82, 2.24) is 30.0 Å². The lowest BCUT2D eigenvalue weighted by Crippen LogP contribution is -2.58. The van der Waals surface area contributed by atoms with Gasteiger partial charge >= 0.3 is 0 Å². The fraction of sp³-hybridized carbons (Fsp3) is 0.418. The first kappa shape index (κ1) is 51.2. The highest BCUT2D eigenvalue weighted by molar-refractivity contribution is 7.13. The van der Waals surface area contributed by atoms with Gasteiger partial charge in [0.1, 0.15) is 42.6 Å². The van der Waals surface area contributed by atoms with Crippen LogP contribution in [0.15, 0.2) is 96.5 Å². The molecule has 6 aromatic rings. The summed E-state index contributed by atoms with van der Waals surface area (Å²) in [6.45, 7) is 13.7. The van der Waals surface area contributed by atoms with Crippen molar-refractivity contribution >= 4 is 40.0 Å². The van der Waals surface area contributed by atoms with E-state index in [1.54, 1.807) is 35.6 Å². The average Bonchev–Trinajstić information content (AvgIpc) is 4.05. The van der Waals surface area contributed by atoms with E-state index in [1.165, 1.54) is 17.0 Å². The predicted octanol–water partition coefficient (Wildman–Crippen LogP) is 7.63. The van der Waals surface area contributed by atoms with Gasteiger partial charge in [-0.15, -0.1) is 11.3 Å². The summed E-state index contributed by atoms with van der Waals surface area (Å²) in [5.74, 6) is -0.552. The first-order valence-corrected chi connectivity index (χ1v) is 25.3. The number of β-amino-alcohol motifs (C(OH)–C–C–N with tert-alkyl or cyclic N) is 1. The Morgan fingerprint density at radius 1 is 0.901 bits per heavy atom. The minimum atomic E-state index is -0.955. The largest absolute Gasteiger partial charge is 0.508 e. The second kappa shape index (κ2) is 22.9. The van der Waals surface area contributed by atoms with Crippen LogP contribution >= 0.6 is 11.3 Å². The summed E-state index contributed by atoms with van der Waals surface area (Å²) in [6.07, 6.45) is 1.04. The van der Waals surface area contributed by atoms with E-state index in [2.05, 4.69) is 37.2 Å². The third-order valence-corrected chi connectivity index (χ3v) is 14.4. The maximum absolute atomic E-state index is 14.0. The second-order valence-electron chi connectivity index (χ2n) is 19.7. The van der Waals surface area contributed by atoms with Crippen molar-refractivity contribution in [2.24, 2.45) is 5.41 Å². The van der Waals surface area contributed by atoms with E-state index in [1.807, 2.05) is 82.6 Å². The van der Waals surface area contributed by atoms with Gasteiger partial charge in [-0.05, 0) is 115 Å². The zero-order valence-electron chi connectivity index (χ0n) is 41.2. The molecule has 376 valence electrons. The maximum Gasteiger partial charge on any atom is 0.246 e. The molecule has 2 aromatic heterocycles. The van der Waals surface area contributed by atoms with E-state index in [0.29, 0.717) is 19.8 Å². The van der Waals surface area contributed by atoms with Crippen LogP contribution in [0.4, 0.5) is 4.39 Å². The number of nitrogens with zero attached hydrogens (tertiary/aromatic N) is 4. The fourth-order valence-corrected chi connectivity index (χ4v) is 10.4. The number of phenolic OH excluding ortho intramolecular Hbond substituents is 1. The van der Waals surface area contributed by atoms with Gasteiger partial charge in [0, 0.05) is 56.6 Å². The zero-order valence-corrected chi connectivity index (χ0v) is 42.0. The molecule has 0 spiro atoms. The van der Waals surface area contributed by atoms with Crippen molar-refractivity contribution in [2.45, 2.75) is 91.3 Å².